The number of hydrogen-bond donors (Lipinski definition) is 2. The molecule has 0 aliphatic carbocycles. The smallest absolute Gasteiger partial charge is 0.255 e. The number of aliphatic hydroxyl groups is 1. The molecule has 2 N–H and O–H groups in total. The van der Waals surface area contributed by atoms with Crippen molar-refractivity contribution < 1.29 is 28.0 Å². The lowest BCUT2D eigenvalue weighted by Crippen LogP contribution is -2.47. The molecule has 198 valence electrons. The van der Waals surface area contributed by atoms with Gasteiger partial charge in [-0.2, -0.15) is 4.39 Å². The zero-order valence-electron chi connectivity index (χ0n) is 21.8. The number of aromatic nitrogens is 2. The maximum atomic E-state index is 15.0. The van der Waals surface area contributed by atoms with Crippen molar-refractivity contribution in [2.45, 2.75) is 63.3 Å². The minimum Gasteiger partial charge on any atom is -0.494 e. The summed E-state index contributed by atoms with van der Waals surface area (Å²) in [5, 5.41) is 12.0. The molecule has 3 heterocycles. The Hall–Kier alpha value is -2.95. The van der Waals surface area contributed by atoms with Crippen LogP contribution in [-0.4, -0.2) is 43.5 Å². The van der Waals surface area contributed by atoms with Crippen LogP contribution in [-0.2, 0) is 22.1 Å². The number of nitrogens with one attached hydrogen (secondary N) is 1. The Morgan fingerprint density at radius 3 is 2.70 bits per heavy atom. The Kier molecular flexibility index (Phi) is 7.13. The van der Waals surface area contributed by atoms with E-state index in [4.69, 9.17) is 9.47 Å². The fraction of sp³-hybridized carbons (Fsp3) is 0.444. The number of rotatable bonds is 8. The molecule has 2 aromatic heterocycles. The number of ether oxygens (including phenoxy) is 2. The number of halogens is 1. The van der Waals surface area contributed by atoms with Crippen LogP contribution in [0.25, 0.3) is 10.9 Å². The monoisotopic (exact) mass is 529 g/mol. The molecule has 0 saturated heterocycles. The lowest BCUT2D eigenvalue weighted by atomic mass is 9.89. The third-order valence-electron chi connectivity index (χ3n) is 6.51. The summed E-state index contributed by atoms with van der Waals surface area (Å²) < 4.78 is 41.2. The lowest BCUT2D eigenvalue weighted by Gasteiger charge is -2.29. The first-order valence-electron chi connectivity index (χ1n) is 12.0. The molecule has 37 heavy (non-hydrogen) atoms. The van der Waals surface area contributed by atoms with Crippen LogP contribution in [0.3, 0.4) is 0 Å². The lowest BCUT2D eigenvalue weighted by molar-refractivity contribution is 0.0388. The van der Waals surface area contributed by atoms with Gasteiger partial charge in [0.05, 0.1) is 34.1 Å². The molecule has 3 aromatic rings. The quantitative estimate of drug-likeness (QED) is 0.331. The number of carbonyl (C=O) groups is 1. The van der Waals surface area contributed by atoms with Gasteiger partial charge >= 0.3 is 0 Å². The van der Waals surface area contributed by atoms with Crippen molar-refractivity contribution >= 4 is 27.7 Å². The van der Waals surface area contributed by atoms with Gasteiger partial charge < -0.3 is 14.6 Å². The summed E-state index contributed by atoms with van der Waals surface area (Å²) in [6.07, 6.45) is 1.64. The van der Waals surface area contributed by atoms with Gasteiger partial charge in [-0.15, -0.1) is 0 Å². The number of fused-ring (bicyclic) bond motifs is 2. The Balaban J connectivity index is 1.58. The highest BCUT2D eigenvalue weighted by Gasteiger charge is 2.43. The number of carbonyl (C=O) groups excluding carboxylic acids is 1. The van der Waals surface area contributed by atoms with Crippen molar-refractivity contribution in [3.05, 3.63) is 59.3 Å². The van der Waals surface area contributed by atoms with Gasteiger partial charge in [0, 0.05) is 29.1 Å². The molecule has 3 unspecified atom stereocenters. The third kappa shape index (κ3) is 5.37. The number of benzene rings is 1. The van der Waals surface area contributed by atoms with Gasteiger partial charge in [0.1, 0.15) is 23.5 Å². The number of nitrogens with zero attached hydrogens (tertiary/aromatic N) is 2. The van der Waals surface area contributed by atoms with E-state index in [0.29, 0.717) is 22.4 Å². The standard InChI is InChI=1S/C27H32FN3O5S/c1-25(2,3)37(34)31-26(4)15-36-23-18(26)14-21(30-24(23)28)27(5,33)10-9-19(32)17-12-16-8-7-11-29-22(16)20(13-17)35-6/h7-8,11-14,31,33H,9-10,15H2,1-6H3. The second-order valence-corrected chi connectivity index (χ2v) is 12.7. The van der Waals surface area contributed by atoms with E-state index < -0.39 is 32.8 Å². The maximum absolute atomic E-state index is 15.0. The molecule has 4 rings (SSSR count). The summed E-state index contributed by atoms with van der Waals surface area (Å²) in [5.74, 6) is -0.622. The van der Waals surface area contributed by atoms with Crippen LogP contribution in [0.5, 0.6) is 11.5 Å². The first kappa shape index (κ1) is 27.1. The first-order valence-corrected chi connectivity index (χ1v) is 13.1. The molecular weight excluding hydrogens is 497 g/mol. The Bertz CT molecular complexity index is 1390. The summed E-state index contributed by atoms with van der Waals surface area (Å²) in [5.41, 5.74) is -0.995. The molecule has 8 nitrogen and oxygen atoms in total. The number of pyridine rings is 2. The van der Waals surface area contributed by atoms with Crippen molar-refractivity contribution in [1.29, 1.82) is 0 Å². The van der Waals surface area contributed by atoms with E-state index in [0.717, 1.165) is 5.39 Å². The van der Waals surface area contributed by atoms with Gasteiger partial charge in [0.2, 0.25) is 0 Å². The van der Waals surface area contributed by atoms with Crippen LogP contribution in [0.4, 0.5) is 4.39 Å². The van der Waals surface area contributed by atoms with Crippen molar-refractivity contribution in [2.24, 2.45) is 0 Å². The highest BCUT2D eigenvalue weighted by molar-refractivity contribution is 7.84. The summed E-state index contributed by atoms with van der Waals surface area (Å²) in [4.78, 5) is 21.3. The van der Waals surface area contributed by atoms with Gasteiger partial charge in [0.25, 0.3) is 5.95 Å². The van der Waals surface area contributed by atoms with E-state index in [1.165, 1.54) is 14.0 Å². The SMILES string of the molecule is COc1cc(C(=O)CCC(C)(O)c2cc3c(c(F)n2)OCC3(C)NS(=O)C(C)(C)C)cc2cccnc12. The van der Waals surface area contributed by atoms with Crippen LogP contribution in [0.1, 0.15) is 69.1 Å². The van der Waals surface area contributed by atoms with Crippen molar-refractivity contribution in [3.8, 4) is 11.5 Å². The Morgan fingerprint density at radius 2 is 2.03 bits per heavy atom. The van der Waals surface area contributed by atoms with Crippen LogP contribution >= 0.6 is 0 Å². The average Bonchev–Trinajstić information content (AvgIpc) is 3.17. The minimum absolute atomic E-state index is 0.00335. The number of Topliss-reactive ketones (excluding diaryl/α,β-unsaturated/α-hetero) is 1. The van der Waals surface area contributed by atoms with Gasteiger partial charge in [-0.3, -0.25) is 9.78 Å². The summed E-state index contributed by atoms with van der Waals surface area (Å²) >= 11 is 0. The van der Waals surface area contributed by atoms with E-state index >= 15 is 0 Å². The molecule has 10 heteroatoms. The van der Waals surface area contributed by atoms with E-state index in [1.54, 1.807) is 37.4 Å². The first-order chi connectivity index (χ1) is 17.2. The molecule has 0 amide bonds. The molecule has 0 radical (unpaired) electrons. The molecule has 0 fully saturated rings. The predicted molar refractivity (Wildman–Crippen MR) is 140 cm³/mol. The van der Waals surface area contributed by atoms with Gasteiger partial charge in [0.15, 0.2) is 11.5 Å². The van der Waals surface area contributed by atoms with Gasteiger partial charge in [-0.1, -0.05) is 6.07 Å². The fourth-order valence-corrected chi connectivity index (χ4v) is 5.05. The normalized spacial score (nSPS) is 19.7. The predicted octanol–water partition coefficient (Wildman–Crippen LogP) is 4.31. The van der Waals surface area contributed by atoms with Crippen molar-refractivity contribution in [2.75, 3.05) is 13.7 Å². The van der Waals surface area contributed by atoms with E-state index in [-0.39, 0.29) is 36.7 Å². The molecule has 0 saturated carbocycles. The Morgan fingerprint density at radius 1 is 1.30 bits per heavy atom. The molecular formula is C27H32FN3O5S. The zero-order chi connectivity index (χ0) is 27.2. The number of hydrogen-bond acceptors (Lipinski definition) is 7. The van der Waals surface area contributed by atoms with Crippen LogP contribution in [0, 0.1) is 5.95 Å². The highest BCUT2D eigenvalue weighted by atomic mass is 32.2. The molecule has 3 atom stereocenters. The Labute approximate surface area is 218 Å². The second kappa shape index (κ2) is 9.74. The topological polar surface area (TPSA) is 111 Å². The fourth-order valence-electron chi connectivity index (χ4n) is 4.17. The van der Waals surface area contributed by atoms with Crippen molar-refractivity contribution in [3.63, 3.8) is 0 Å². The van der Waals surface area contributed by atoms with E-state index in [2.05, 4.69) is 14.7 Å². The van der Waals surface area contributed by atoms with Crippen LogP contribution in [0.2, 0.25) is 0 Å². The molecule has 0 bridgehead atoms. The van der Waals surface area contributed by atoms with Gasteiger partial charge in [-0.05, 0) is 65.3 Å². The minimum atomic E-state index is -1.61. The summed E-state index contributed by atoms with van der Waals surface area (Å²) in [6, 6.07) is 8.54. The largest absolute Gasteiger partial charge is 0.494 e. The molecule has 1 aliphatic heterocycles. The van der Waals surface area contributed by atoms with E-state index in [9.17, 15) is 18.5 Å². The van der Waals surface area contributed by atoms with Crippen LogP contribution in [0.15, 0.2) is 36.5 Å². The molecule has 0 spiro atoms. The second-order valence-electron chi connectivity index (χ2n) is 10.7. The zero-order valence-corrected chi connectivity index (χ0v) is 22.7. The summed E-state index contributed by atoms with van der Waals surface area (Å²) in [7, 11) is 0.0671. The number of ketones is 1. The summed E-state index contributed by atoms with van der Waals surface area (Å²) in [6.45, 7) is 8.82. The van der Waals surface area contributed by atoms with E-state index in [1.807, 2.05) is 26.8 Å². The third-order valence-corrected chi connectivity index (χ3v) is 8.26. The number of methoxy groups -OCH3 is 1. The molecule has 1 aliphatic rings. The van der Waals surface area contributed by atoms with Crippen molar-refractivity contribution in [1.82, 2.24) is 14.7 Å². The van der Waals surface area contributed by atoms with Crippen LogP contribution < -0.4 is 14.2 Å². The average molecular weight is 530 g/mol. The molecule has 1 aromatic carbocycles. The van der Waals surface area contributed by atoms with Gasteiger partial charge in [-0.25, -0.2) is 13.9 Å². The highest BCUT2D eigenvalue weighted by Crippen LogP contribution is 2.41. The maximum Gasteiger partial charge on any atom is 0.255 e.